The van der Waals surface area contributed by atoms with Crippen molar-refractivity contribution in [1.29, 1.82) is 0 Å². The standard InChI is InChI=1S/C16H18F3N.ClH/c1-13-4-2-10-20(12-13)11-3-5-14-6-8-15(9-7-14)16(17,18)19;/h6-9,13H,2,4,10-12H2,1H3;1H. The number of hydrogen-bond acceptors (Lipinski definition) is 0. The van der Waals surface area contributed by atoms with Crippen molar-refractivity contribution in [2.75, 3.05) is 19.6 Å². The number of alkyl halides is 3. The summed E-state index contributed by atoms with van der Waals surface area (Å²) in [6.45, 7) is 5.31. The van der Waals surface area contributed by atoms with Gasteiger partial charge in [0.1, 0.15) is 6.54 Å². The van der Waals surface area contributed by atoms with Crippen molar-refractivity contribution in [2.24, 2.45) is 5.92 Å². The molecule has 21 heavy (non-hydrogen) atoms. The van der Waals surface area contributed by atoms with Gasteiger partial charge < -0.3 is 17.3 Å². The Kier molecular flexibility index (Phi) is 6.57. The smallest absolute Gasteiger partial charge is 0.416 e. The molecule has 0 amide bonds. The molecule has 0 aliphatic carbocycles. The SMILES string of the molecule is CC1CCC[NH+](CC#Cc2ccc(C(F)(F)F)cc2)C1.[Cl-]. The van der Waals surface area contributed by atoms with Crippen molar-refractivity contribution >= 4 is 0 Å². The van der Waals surface area contributed by atoms with Crippen LogP contribution in [-0.2, 0) is 6.18 Å². The molecule has 116 valence electrons. The number of benzene rings is 1. The summed E-state index contributed by atoms with van der Waals surface area (Å²) in [4.78, 5) is 1.48. The molecule has 0 saturated carbocycles. The molecular weight excluding hydrogens is 299 g/mol. The van der Waals surface area contributed by atoms with Gasteiger partial charge in [-0.25, -0.2) is 0 Å². The highest BCUT2D eigenvalue weighted by molar-refractivity contribution is 5.36. The van der Waals surface area contributed by atoms with E-state index >= 15 is 0 Å². The van der Waals surface area contributed by atoms with Crippen LogP contribution in [0.3, 0.4) is 0 Å². The van der Waals surface area contributed by atoms with Crippen LogP contribution in [0.4, 0.5) is 13.2 Å². The van der Waals surface area contributed by atoms with Crippen molar-refractivity contribution in [3.8, 4) is 11.8 Å². The summed E-state index contributed by atoms with van der Waals surface area (Å²) in [5.74, 6) is 6.77. The fourth-order valence-corrected chi connectivity index (χ4v) is 2.57. The Morgan fingerprint density at radius 3 is 2.48 bits per heavy atom. The maximum absolute atomic E-state index is 12.4. The minimum atomic E-state index is -4.28. The number of likely N-dealkylation sites (tertiary alicyclic amines) is 1. The Bertz CT molecular complexity index is 499. The number of rotatable bonds is 1. The minimum absolute atomic E-state index is 0. The first-order valence-corrected chi connectivity index (χ1v) is 6.95. The molecule has 1 aliphatic heterocycles. The number of hydrogen-bond donors (Lipinski definition) is 1. The first kappa shape index (κ1) is 17.9. The number of quaternary nitrogens is 1. The van der Waals surface area contributed by atoms with E-state index in [2.05, 4.69) is 18.8 Å². The Morgan fingerprint density at radius 1 is 1.24 bits per heavy atom. The van der Waals surface area contributed by atoms with Crippen LogP contribution in [0.1, 0.15) is 30.9 Å². The van der Waals surface area contributed by atoms with E-state index in [-0.39, 0.29) is 12.4 Å². The molecule has 1 fully saturated rings. The zero-order valence-corrected chi connectivity index (χ0v) is 12.7. The Balaban J connectivity index is 0.00000220. The van der Waals surface area contributed by atoms with E-state index in [1.54, 1.807) is 0 Å². The van der Waals surface area contributed by atoms with Gasteiger partial charge in [0, 0.05) is 11.5 Å². The molecule has 1 saturated heterocycles. The van der Waals surface area contributed by atoms with Crippen molar-refractivity contribution < 1.29 is 30.5 Å². The molecule has 1 aromatic rings. The molecule has 2 unspecified atom stereocenters. The quantitative estimate of drug-likeness (QED) is 0.658. The Labute approximate surface area is 129 Å². The molecule has 0 radical (unpaired) electrons. The second-order valence-electron chi connectivity index (χ2n) is 5.51. The average Bonchev–Trinajstić information content (AvgIpc) is 2.38. The van der Waals surface area contributed by atoms with Gasteiger partial charge in [-0.3, -0.25) is 0 Å². The monoisotopic (exact) mass is 317 g/mol. The molecule has 5 heteroatoms. The van der Waals surface area contributed by atoms with Gasteiger partial charge in [0.15, 0.2) is 0 Å². The number of piperidine rings is 1. The summed E-state index contributed by atoms with van der Waals surface area (Å²) in [5.41, 5.74) is 0.0148. The molecule has 0 spiro atoms. The lowest BCUT2D eigenvalue weighted by Gasteiger charge is -2.26. The summed E-state index contributed by atoms with van der Waals surface area (Å²) in [6.07, 6.45) is -1.76. The van der Waals surface area contributed by atoms with E-state index in [0.29, 0.717) is 5.56 Å². The van der Waals surface area contributed by atoms with Crippen LogP contribution < -0.4 is 17.3 Å². The lowest BCUT2D eigenvalue weighted by atomic mass is 10.0. The first-order chi connectivity index (χ1) is 9.45. The van der Waals surface area contributed by atoms with Crippen LogP contribution in [0, 0.1) is 17.8 Å². The maximum atomic E-state index is 12.4. The van der Waals surface area contributed by atoms with Crippen LogP contribution in [0.5, 0.6) is 0 Å². The number of halogens is 4. The van der Waals surface area contributed by atoms with Gasteiger partial charge in [-0.2, -0.15) is 13.2 Å². The van der Waals surface area contributed by atoms with Crippen molar-refractivity contribution in [1.82, 2.24) is 0 Å². The largest absolute Gasteiger partial charge is 1.00 e. The summed E-state index contributed by atoms with van der Waals surface area (Å²) in [5, 5.41) is 0. The van der Waals surface area contributed by atoms with Gasteiger partial charge in [0.05, 0.1) is 18.7 Å². The normalized spacial score (nSPS) is 21.9. The summed E-state index contributed by atoms with van der Waals surface area (Å²) in [7, 11) is 0. The molecule has 0 bridgehead atoms. The summed E-state index contributed by atoms with van der Waals surface area (Å²) < 4.78 is 37.2. The molecule has 0 aromatic heterocycles. The van der Waals surface area contributed by atoms with E-state index < -0.39 is 11.7 Å². The molecule has 1 nitrogen and oxygen atoms in total. The third kappa shape index (κ3) is 5.61. The lowest BCUT2D eigenvalue weighted by molar-refractivity contribution is -0.901. The molecular formula is C16H19ClF3N. The van der Waals surface area contributed by atoms with E-state index in [1.807, 2.05) is 0 Å². The Morgan fingerprint density at radius 2 is 1.90 bits per heavy atom. The average molecular weight is 318 g/mol. The van der Waals surface area contributed by atoms with Gasteiger partial charge in [-0.1, -0.05) is 12.8 Å². The van der Waals surface area contributed by atoms with Crippen molar-refractivity contribution in [2.45, 2.75) is 25.9 Å². The topological polar surface area (TPSA) is 4.44 Å². The van der Waals surface area contributed by atoms with Gasteiger partial charge in [0.25, 0.3) is 0 Å². The van der Waals surface area contributed by atoms with Gasteiger partial charge >= 0.3 is 6.18 Å². The molecule has 1 N–H and O–H groups in total. The molecule has 1 aliphatic rings. The van der Waals surface area contributed by atoms with Gasteiger partial charge in [-0.05, 0) is 43.0 Å². The highest BCUT2D eigenvalue weighted by Crippen LogP contribution is 2.28. The Hall–Kier alpha value is -1.18. The predicted octanol–water partition coefficient (Wildman–Crippen LogP) is -0.624. The second-order valence-corrected chi connectivity index (χ2v) is 5.51. The highest BCUT2D eigenvalue weighted by Gasteiger charge is 2.29. The number of nitrogens with one attached hydrogen (secondary N) is 1. The van der Waals surface area contributed by atoms with E-state index in [9.17, 15) is 13.2 Å². The van der Waals surface area contributed by atoms with Crippen LogP contribution in [-0.4, -0.2) is 19.6 Å². The van der Waals surface area contributed by atoms with Crippen LogP contribution in [0.15, 0.2) is 24.3 Å². The maximum Gasteiger partial charge on any atom is 0.416 e. The zero-order chi connectivity index (χ0) is 14.6. The van der Waals surface area contributed by atoms with Gasteiger partial charge in [-0.15, -0.1) is 0 Å². The fourth-order valence-electron chi connectivity index (χ4n) is 2.57. The van der Waals surface area contributed by atoms with E-state index in [4.69, 9.17) is 0 Å². The van der Waals surface area contributed by atoms with E-state index in [1.165, 1.54) is 29.9 Å². The van der Waals surface area contributed by atoms with Gasteiger partial charge in [0.2, 0.25) is 0 Å². The van der Waals surface area contributed by atoms with Crippen LogP contribution >= 0.6 is 0 Å². The molecule has 2 atom stereocenters. The van der Waals surface area contributed by atoms with Crippen molar-refractivity contribution in [3.05, 3.63) is 35.4 Å². The van der Waals surface area contributed by atoms with Crippen molar-refractivity contribution in [3.63, 3.8) is 0 Å². The lowest BCUT2D eigenvalue weighted by Crippen LogP contribution is -3.13. The molecule has 1 heterocycles. The molecule has 2 rings (SSSR count). The summed E-state index contributed by atoms with van der Waals surface area (Å²) in [6, 6.07) is 5.04. The fraction of sp³-hybridized carbons (Fsp3) is 0.500. The molecule has 1 aromatic carbocycles. The minimum Gasteiger partial charge on any atom is -1.00 e. The zero-order valence-electron chi connectivity index (χ0n) is 11.9. The third-order valence-electron chi connectivity index (χ3n) is 3.65. The third-order valence-corrected chi connectivity index (χ3v) is 3.65. The first-order valence-electron chi connectivity index (χ1n) is 6.95. The second kappa shape index (κ2) is 7.72. The highest BCUT2D eigenvalue weighted by atomic mass is 35.5. The predicted molar refractivity (Wildman–Crippen MR) is 72.3 cm³/mol. The van der Waals surface area contributed by atoms with E-state index in [0.717, 1.165) is 37.7 Å². The van der Waals surface area contributed by atoms with Crippen LogP contribution in [0.2, 0.25) is 0 Å². The van der Waals surface area contributed by atoms with Crippen LogP contribution in [0.25, 0.3) is 0 Å². The summed E-state index contributed by atoms with van der Waals surface area (Å²) >= 11 is 0.